The Morgan fingerprint density at radius 2 is 1.91 bits per heavy atom. The highest BCUT2D eigenvalue weighted by atomic mass is 16.5. The van der Waals surface area contributed by atoms with E-state index >= 15 is 0 Å². The second-order valence-electron chi connectivity index (χ2n) is 5.29. The minimum absolute atomic E-state index is 0.195. The number of nitrogens with zero attached hydrogens (tertiary/aromatic N) is 1. The monoisotopic (exact) mass is 314 g/mol. The van der Waals surface area contributed by atoms with Crippen molar-refractivity contribution < 1.29 is 14.3 Å². The van der Waals surface area contributed by atoms with Gasteiger partial charge in [0.05, 0.1) is 19.3 Å². The van der Waals surface area contributed by atoms with Crippen molar-refractivity contribution in [3.8, 4) is 5.75 Å². The summed E-state index contributed by atoms with van der Waals surface area (Å²) in [7, 11) is 3.16. The Bertz CT molecular complexity index is 671. The average molecular weight is 314 g/mol. The van der Waals surface area contributed by atoms with E-state index in [1.807, 2.05) is 44.2 Å². The summed E-state index contributed by atoms with van der Waals surface area (Å²) in [5.74, 6) is 0.607. The highest BCUT2D eigenvalue weighted by Gasteiger charge is 2.20. The standard InChI is InChI=1S/C18H22N2O3/c1-12-10-19-15(13(2)16(12)22-3)11-20-18(21)17(23-4)14-8-6-5-7-9-14/h5-10,17H,11H2,1-4H3,(H,20,21)/t17-/m0/s1. The number of hydrogen-bond acceptors (Lipinski definition) is 4. The molecule has 5 nitrogen and oxygen atoms in total. The molecule has 1 atom stereocenters. The summed E-state index contributed by atoms with van der Waals surface area (Å²) in [5.41, 5.74) is 3.50. The number of hydrogen-bond donors (Lipinski definition) is 1. The van der Waals surface area contributed by atoms with Gasteiger partial charge >= 0.3 is 0 Å². The van der Waals surface area contributed by atoms with Crippen LogP contribution in [-0.4, -0.2) is 25.1 Å². The first-order valence-corrected chi connectivity index (χ1v) is 7.43. The molecule has 1 aromatic carbocycles. The summed E-state index contributed by atoms with van der Waals surface area (Å²) < 4.78 is 10.7. The molecule has 1 N–H and O–H groups in total. The van der Waals surface area contributed by atoms with Gasteiger partial charge in [-0.25, -0.2) is 0 Å². The average Bonchev–Trinajstić information content (AvgIpc) is 2.56. The van der Waals surface area contributed by atoms with E-state index in [4.69, 9.17) is 9.47 Å². The Labute approximate surface area is 136 Å². The largest absolute Gasteiger partial charge is 0.496 e. The van der Waals surface area contributed by atoms with E-state index < -0.39 is 6.10 Å². The first-order chi connectivity index (χ1) is 11.1. The molecule has 2 rings (SSSR count). The van der Waals surface area contributed by atoms with Crippen LogP contribution in [0.1, 0.15) is 28.5 Å². The van der Waals surface area contributed by atoms with Crippen LogP contribution in [0.2, 0.25) is 0 Å². The highest BCUT2D eigenvalue weighted by Crippen LogP contribution is 2.24. The summed E-state index contributed by atoms with van der Waals surface area (Å²) in [5, 5.41) is 2.88. The Morgan fingerprint density at radius 3 is 2.52 bits per heavy atom. The molecule has 0 aliphatic heterocycles. The van der Waals surface area contributed by atoms with Gasteiger partial charge in [0.1, 0.15) is 5.75 Å². The van der Waals surface area contributed by atoms with Crippen LogP contribution < -0.4 is 10.1 Å². The lowest BCUT2D eigenvalue weighted by molar-refractivity contribution is -0.131. The molecule has 0 spiro atoms. The van der Waals surface area contributed by atoms with E-state index in [9.17, 15) is 4.79 Å². The number of carbonyl (C=O) groups is 1. The van der Waals surface area contributed by atoms with Crippen LogP contribution >= 0.6 is 0 Å². The number of methoxy groups -OCH3 is 2. The van der Waals surface area contributed by atoms with Crippen LogP contribution in [0.5, 0.6) is 5.75 Å². The van der Waals surface area contributed by atoms with Gasteiger partial charge in [-0.2, -0.15) is 0 Å². The molecule has 0 radical (unpaired) electrons. The SMILES string of the molecule is COc1c(C)cnc(CNC(=O)[C@@H](OC)c2ccccc2)c1C. The fourth-order valence-corrected chi connectivity index (χ4v) is 2.54. The molecule has 5 heteroatoms. The molecule has 0 aliphatic rings. The molecule has 122 valence electrons. The molecule has 0 saturated heterocycles. The minimum atomic E-state index is -0.635. The molecule has 1 amide bonds. The van der Waals surface area contributed by atoms with Crippen molar-refractivity contribution in [1.82, 2.24) is 10.3 Å². The van der Waals surface area contributed by atoms with Crippen molar-refractivity contribution in [2.24, 2.45) is 0 Å². The topological polar surface area (TPSA) is 60.5 Å². The van der Waals surface area contributed by atoms with Gasteiger partial charge < -0.3 is 14.8 Å². The lowest BCUT2D eigenvalue weighted by Crippen LogP contribution is -2.30. The molecule has 0 aliphatic carbocycles. The summed E-state index contributed by atoms with van der Waals surface area (Å²) >= 11 is 0. The third kappa shape index (κ3) is 3.87. The number of ether oxygens (including phenoxy) is 2. The zero-order valence-electron chi connectivity index (χ0n) is 13.9. The number of benzene rings is 1. The highest BCUT2D eigenvalue weighted by molar-refractivity contribution is 5.82. The predicted molar refractivity (Wildman–Crippen MR) is 88.3 cm³/mol. The molecule has 1 heterocycles. The van der Waals surface area contributed by atoms with Crippen LogP contribution in [0.3, 0.4) is 0 Å². The van der Waals surface area contributed by atoms with E-state index in [1.165, 1.54) is 7.11 Å². The maximum Gasteiger partial charge on any atom is 0.254 e. The minimum Gasteiger partial charge on any atom is -0.496 e. The van der Waals surface area contributed by atoms with Crippen molar-refractivity contribution in [3.05, 3.63) is 58.9 Å². The molecule has 0 saturated carbocycles. The van der Waals surface area contributed by atoms with Crippen LogP contribution in [0.15, 0.2) is 36.5 Å². The van der Waals surface area contributed by atoms with Crippen molar-refractivity contribution >= 4 is 5.91 Å². The van der Waals surface area contributed by atoms with E-state index in [2.05, 4.69) is 10.3 Å². The number of carbonyl (C=O) groups excluding carboxylic acids is 1. The molecular formula is C18H22N2O3. The molecular weight excluding hydrogens is 292 g/mol. The quantitative estimate of drug-likeness (QED) is 0.890. The van der Waals surface area contributed by atoms with Crippen molar-refractivity contribution in [2.75, 3.05) is 14.2 Å². The summed E-state index contributed by atoms with van der Waals surface area (Å²) in [6.07, 6.45) is 1.11. The maximum absolute atomic E-state index is 12.4. The molecule has 0 bridgehead atoms. The third-order valence-corrected chi connectivity index (χ3v) is 3.76. The van der Waals surface area contributed by atoms with E-state index in [1.54, 1.807) is 13.3 Å². The predicted octanol–water partition coefficient (Wildman–Crippen LogP) is 2.71. The molecule has 0 fully saturated rings. The zero-order valence-corrected chi connectivity index (χ0v) is 13.9. The molecule has 1 aromatic heterocycles. The first kappa shape index (κ1) is 17.0. The van der Waals surface area contributed by atoms with Gasteiger partial charge in [0, 0.05) is 24.4 Å². The number of amides is 1. The van der Waals surface area contributed by atoms with Crippen molar-refractivity contribution in [3.63, 3.8) is 0 Å². The Kier molecular flexibility index (Phi) is 5.71. The Hall–Kier alpha value is -2.40. The number of aryl methyl sites for hydroxylation is 1. The molecule has 2 aromatic rings. The first-order valence-electron chi connectivity index (χ1n) is 7.43. The zero-order chi connectivity index (χ0) is 16.8. The number of pyridine rings is 1. The van der Waals surface area contributed by atoms with Crippen LogP contribution in [0, 0.1) is 13.8 Å². The second-order valence-corrected chi connectivity index (χ2v) is 5.29. The van der Waals surface area contributed by atoms with Crippen LogP contribution in [0.4, 0.5) is 0 Å². The number of aromatic nitrogens is 1. The molecule has 23 heavy (non-hydrogen) atoms. The van der Waals surface area contributed by atoms with Crippen molar-refractivity contribution in [1.29, 1.82) is 0 Å². The lowest BCUT2D eigenvalue weighted by atomic mass is 10.1. The Morgan fingerprint density at radius 1 is 1.22 bits per heavy atom. The van der Waals surface area contributed by atoms with E-state index in [-0.39, 0.29) is 5.91 Å². The van der Waals surface area contributed by atoms with Gasteiger partial charge in [0.25, 0.3) is 5.91 Å². The van der Waals surface area contributed by atoms with Gasteiger partial charge in [-0.3, -0.25) is 9.78 Å². The van der Waals surface area contributed by atoms with Gasteiger partial charge in [0.15, 0.2) is 6.10 Å². The van der Waals surface area contributed by atoms with Crippen molar-refractivity contribution in [2.45, 2.75) is 26.5 Å². The smallest absolute Gasteiger partial charge is 0.254 e. The second kappa shape index (κ2) is 7.74. The Balaban J connectivity index is 2.10. The fraction of sp³-hybridized carbons (Fsp3) is 0.333. The van der Waals surface area contributed by atoms with Gasteiger partial charge in [-0.1, -0.05) is 30.3 Å². The summed E-state index contributed by atoms with van der Waals surface area (Å²) in [6.45, 7) is 4.21. The molecule has 0 unspecified atom stereocenters. The summed E-state index contributed by atoms with van der Waals surface area (Å²) in [4.78, 5) is 16.8. The summed E-state index contributed by atoms with van der Waals surface area (Å²) in [6, 6.07) is 9.40. The third-order valence-electron chi connectivity index (χ3n) is 3.76. The van der Waals surface area contributed by atoms with Gasteiger partial charge in [0.2, 0.25) is 0 Å². The fourth-order valence-electron chi connectivity index (χ4n) is 2.54. The number of nitrogens with one attached hydrogen (secondary N) is 1. The number of rotatable bonds is 6. The maximum atomic E-state index is 12.4. The lowest BCUT2D eigenvalue weighted by Gasteiger charge is -2.17. The van der Waals surface area contributed by atoms with E-state index in [0.29, 0.717) is 6.54 Å². The van der Waals surface area contributed by atoms with E-state index in [0.717, 1.165) is 28.1 Å². The van der Waals surface area contributed by atoms with Gasteiger partial charge in [-0.15, -0.1) is 0 Å². The normalized spacial score (nSPS) is 11.8. The van der Waals surface area contributed by atoms with Crippen LogP contribution in [0.25, 0.3) is 0 Å². The van der Waals surface area contributed by atoms with Crippen LogP contribution in [-0.2, 0) is 16.1 Å². The van der Waals surface area contributed by atoms with Gasteiger partial charge in [-0.05, 0) is 19.4 Å².